The third kappa shape index (κ3) is 6.44. The predicted octanol–water partition coefficient (Wildman–Crippen LogP) is 5.28. The number of fused-ring (bicyclic) bond motifs is 1. The molecule has 1 amide bonds. The largest absolute Gasteiger partial charge is 0.489 e. The fourth-order valence-corrected chi connectivity index (χ4v) is 3.17. The van der Waals surface area contributed by atoms with Gasteiger partial charge in [-0.2, -0.15) is 5.10 Å². The number of aryl methyl sites for hydroxylation is 1. The van der Waals surface area contributed by atoms with Crippen LogP contribution in [-0.2, 0) is 11.2 Å². The van der Waals surface area contributed by atoms with Crippen LogP contribution in [0.4, 0.5) is 0 Å². The number of nitrogens with one attached hydrogen (secondary N) is 1. The quantitative estimate of drug-likeness (QED) is 0.263. The topological polar surface area (TPSA) is 59.9 Å². The lowest BCUT2D eigenvalue weighted by Crippen LogP contribution is -2.24. The Hall–Kier alpha value is -3.60. The van der Waals surface area contributed by atoms with E-state index in [2.05, 4.69) is 24.0 Å². The SMILES string of the molecule is C=CCOc1ccc2ccccc2c1C=NNC(=O)COc1ccc(CCCC)cc1. The molecule has 0 heterocycles. The number of unbranched alkanes of at least 4 members (excludes halogenated alkanes) is 1. The minimum Gasteiger partial charge on any atom is -0.489 e. The number of carbonyl (C=O) groups is 1. The summed E-state index contributed by atoms with van der Waals surface area (Å²) >= 11 is 0. The van der Waals surface area contributed by atoms with Crippen molar-refractivity contribution in [2.75, 3.05) is 13.2 Å². The summed E-state index contributed by atoms with van der Waals surface area (Å²) in [7, 11) is 0. The second-order valence-electron chi connectivity index (χ2n) is 7.13. The van der Waals surface area contributed by atoms with Crippen LogP contribution in [-0.4, -0.2) is 25.3 Å². The molecule has 1 N–H and O–H groups in total. The number of hydrogen-bond acceptors (Lipinski definition) is 4. The van der Waals surface area contributed by atoms with Gasteiger partial charge in [0.05, 0.1) is 6.21 Å². The van der Waals surface area contributed by atoms with Gasteiger partial charge in [0.2, 0.25) is 0 Å². The Balaban J connectivity index is 1.60. The minimum absolute atomic E-state index is 0.110. The maximum Gasteiger partial charge on any atom is 0.277 e. The molecule has 0 radical (unpaired) electrons. The first-order chi connectivity index (χ1) is 15.2. The first kappa shape index (κ1) is 22.1. The Morgan fingerprint density at radius 1 is 1.06 bits per heavy atom. The number of carbonyl (C=O) groups excluding carboxylic acids is 1. The Bertz CT molecular complexity index is 1040. The molecule has 0 saturated carbocycles. The van der Waals surface area contributed by atoms with Gasteiger partial charge >= 0.3 is 0 Å². The number of rotatable bonds is 11. The van der Waals surface area contributed by atoms with E-state index in [-0.39, 0.29) is 12.5 Å². The number of hydrazone groups is 1. The molecule has 0 aromatic heterocycles. The molecular weight excluding hydrogens is 388 g/mol. The Morgan fingerprint density at radius 2 is 1.87 bits per heavy atom. The molecule has 5 nitrogen and oxygen atoms in total. The summed E-state index contributed by atoms with van der Waals surface area (Å²) in [6.07, 6.45) is 6.67. The maximum atomic E-state index is 12.1. The van der Waals surface area contributed by atoms with Crippen molar-refractivity contribution in [2.24, 2.45) is 5.10 Å². The van der Waals surface area contributed by atoms with E-state index in [0.717, 1.165) is 29.2 Å². The van der Waals surface area contributed by atoms with Crippen molar-refractivity contribution >= 4 is 22.9 Å². The molecule has 0 aliphatic heterocycles. The van der Waals surface area contributed by atoms with Gasteiger partial charge in [-0.1, -0.05) is 68.5 Å². The Morgan fingerprint density at radius 3 is 2.65 bits per heavy atom. The van der Waals surface area contributed by atoms with E-state index in [9.17, 15) is 4.79 Å². The lowest BCUT2D eigenvalue weighted by molar-refractivity contribution is -0.123. The molecule has 0 aliphatic carbocycles. The van der Waals surface area contributed by atoms with Crippen molar-refractivity contribution in [2.45, 2.75) is 26.2 Å². The number of ether oxygens (including phenoxy) is 2. The van der Waals surface area contributed by atoms with Crippen molar-refractivity contribution in [3.8, 4) is 11.5 Å². The first-order valence-corrected chi connectivity index (χ1v) is 10.5. The molecule has 31 heavy (non-hydrogen) atoms. The summed E-state index contributed by atoms with van der Waals surface area (Å²) in [6, 6.07) is 19.7. The summed E-state index contributed by atoms with van der Waals surface area (Å²) in [5.41, 5.74) is 4.58. The molecule has 3 aromatic rings. The highest BCUT2D eigenvalue weighted by atomic mass is 16.5. The summed E-state index contributed by atoms with van der Waals surface area (Å²) in [4.78, 5) is 12.1. The average molecular weight is 417 g/mol. The predicted molar refractivity (Wildman–Crippen MR) is 126 cm³/mol. The van der Waals surface area contributed by atoms with Crippen LogP contribution < -0.4 is 14.9 Å². The van der Waals surface area contributed by atoms with Crippen LogP contribution in [0, 0.1) is 0 Å². The average Bonchev–Trinajstić information content (AvgIpc) is 2.81. The lowest BCUT2D eigenvalue weighted by atomic mass is 10.0. The number of benzene rings is 3. The molecule has 0 spiro atoms. The third-order valence-corrected chi connectivity index (χ3v) is 4.78. The highest BCUT2D eigenvalue weighted by Gasteiger charge is 2.07. The molecule has 0 aliphatic rings. The van der Waals surface area contributed by atoms with Crippen molar-refractivity contribution in [3.63, 3.8) is 0 Å². The third-order valence-electron chi connectivity index (χ3n) is 4.78. The summed E-state index contributed by atoms with van der Waals surface area (Å²) < 4.78 is 11.3. The molecule has 0 saturated heterocycles. The summed E-state index contributed by atoms with van der Waals surface area (Å²) in [5, 5.41) is 6.16. The van der Waals surface area contributed by atoms with Crippen LogP contribution in [0.25, 0.3) is 10.8 Å². The molecule has 0 bridgehead atoms. The standard InChI is InChI=1S/C26H28N2O3/c1-3-5-8-20-11-14-22(15-12-20)31-19-26(29)28-27-18-24-23-10-7-6-9-21(23)13-16-25(24)30-17-4-2/h4,6-7,9-16,18H,2-3,5,8,17,19H2,1H3,(H,28,29). The first-order valence-electron chi connectivity index (χ1n) is 10.5. The Labute approximate surface area is 183 Å². The van der Waals surface area contributed by atoms with Crippen molar-refractivity contribution in [1.29, 1.82) is 0 Å². The molecule has 0 atom stereocenters. The second-order valence-corrected chi connectivity index (χ2v) is 7.13. The molecule has 0 unspecified atom stereocenters. The fraction of sp³-hybridized carbons (Fsp3) is 0.231. The number of nitrogens with zero attached hydrogens (tertiary/aromatic N) is 1. The molecule has 3 rings (SSSR count). The van der Waals surface area contributed by atoms with Gasteiger partial charge in [0, 0.05) is 5.56 Å². The van der Waals surface area contributed by atoms with Crippen LogP contribution in [0.1, 0.15) is 30.9 Å². The van der Waals surface area contributed by atoms with Crippen LogP contribution >= 0.6 is 0 Å². The lowest BCUT2D eigenvalue weighted by Gasteiger charge is -2.10. The van der Waals surface area contributed by atoms with Gasteiger partial charge in [-0.05, 0) is 47.4 Å². The minimum atomic E-state index is -0.333. The van der Waals surface area contributed by atoms with E-state index in [1.807, 2.05) is 60.7 Å². The smallest absolute Gasteiger partial charge is 0.277 e. The second kappa shape index (κ2) is 11.6. The van der Waals surface area contributed by atoms with Gasteiger partial charge < -0.3 is 9.47 Å². The zero-order valence-corrected chi connectivity index (χ0v) is 17.8. The van der Waals surface area contributed by atoms with E-state index in [4.69, 9.17) is 9.47 Å². The van der Waals surface area contributed by atoms with Gasteiger partial charge in [0.25, 0.3) is 5.91 Å². The van der Waals surface area contributed by atoms with Crippen LogP contribution in [0.3, 0.4) is 0 Å². The molecular formula is C26H28N2O3. The van der Waals surface area contributed by atoms with Gasteiger partial charge in [-0.15, -0.1) is 0 Å². The highest BCUT2D eigenvalue weighted by Crippen LogP contribution is 2.26. The van der Waals surface area contributed by atoms with Crippen molar-refractivity contribution in [1.82, 2.24) is 5.43 Å². The summed E-state index contributed by atoms with van der Waals surface area (Å²) in [6.45, 7) is 6.14. The summed E-state index contributed by atoms with van der Waals surface area (Å²) in [5.74, 6) is 1.00. The van der Waals surface area contributed by atoms with Gasteiger partial charge in [-0.3, -0.25) is 4.79 Å². The van der Waals surface area contributed by atoms with Gasteiger partial charge in [-0.25, -0.2) is 5.43 Å². The van der Waals surface area contributed by atoms with Crippen molar-refractivity contribution in [3.05, 3.63) is 84.4 Å². The van der Waals surface area contributed by atoms with E-state index in [1.165, 1.54) is 12.0 Å². The zero-order valence-electron chi connectivity index (χ0n) is 17.8. The van der Waals surface area contributed by atoms with E-state index in [1.54, 1.807) is 12.3 Å². The Kier molecular flexibility index (Phi) is 8.23. The van der Waals surface area contributed by atoms with Crippen molar-refractivity contribution < 1.29 is 14.3 Å². The highest BCUT2D eigenvalue weighted by molar-refractivity contribution is 6.02. The van der Waals surface area contributed by atoms with Crippen LogP contribution in [0.15, 0.2) is 78.4 Å². The molecule has 160 valence electrons. The van der Waals surface area contributed by atoms with E-state index in [0.29, 0.717) is 18.1 Å². The van der Waals surface area contributed by atoms with Gasteiger partial charge in [0.1, 0.15) is 18.1 Å². The maximum absolute atomic E-state index is 12.1. The van der Waals surface area contributed by atoms with E-state index < -0.39 is 0 Å². The number of hydrogen-bond donors (Lipinski definition) is 1. The van der Waals surface area contributed by atoms with E-state index >= 15 is 0 Å². The molecule has 0 fully saturated rings. The van der Waals surface area contributed by atoms with Gasteiger partial charge in [0.15, 0.2) is 6.61 Å². The van der Waals surface area contributed by atoms with Crippen LogP contribution in [0.2, 0.25) is 0 Å². The zero-order chi connectivity index (χ0) is 21.9. The number of amides is 1. The fourth-order valence-electron chi connectivity index (χ4n) is 3.17. The normalized spacial score (nSPS) is 10.9. The molecule has 5 heteroatoms. The van der Waals surface area contributed by atoms with Crippen LogP contribution in [0.5, 0.6) is 11.5 Å². The monoisotopic (exact) mass is 416 g/mol. The molecule has 3 aromatic carbocycles.